The molecule has 0 fully saturated rings. The average Bonchev–Trinajstić information content (AvgIpc) is 3.26. The fourth-order valence-corrected chi connectivity index (χ4v) is 2.97. The maximum absolute atomic E-state index is 4.75. The number of H-pyrrole nitrogens is 1. The van der Waals surface area contributed by atoms with E-state index in [1.54, 1.807) is 0 Å². The molecule has 1 aromatic heterocycles. The first kappa shape index (κ1) is 22.9. The Kier molecular flexibility index (Phi) is 8.63. The van der Waals surface area contributed by atoms with Crippen LogP contribution in [0.15, 0.2) is 65.9 Å². The van der Waals surface area contributed by atoms with Crippen molar-refractivity contribution in [2.45, 2.75) is 32.7 Å². The molecule has 0 saturated heterocycles. The number of aromatic amines is 1. The van der Waals surface area contributed by atoms with Gasteiger partial charge in [0.05, 0.1) is 6.54 Å². The molecule has 3 N–H and O–H groups in total. The Morgan fingerprint density at radius 3 is 2.55 bits per heavy atom. The lowest BCUT2D eigenvalue weighted by molar-refractivity contribution is 0.508. The van der Waals surface area contributed by atoms with Gasteiger partial charge in [0.1, 0.15) is 6.33 Å². The van der Waals surface area contributed by atoms with Crippen molar-refractivity contribution in [1.82, 2.24) is 25.8 Å². The minimum absolute atomic E-state index is 0. The minimum atomic E-state index is 0. The third kappa shape index (κ3) is 6.56. The minimum Gasteiger partial charge on any atom is -0.357 e. The van der Waals surface area contributed by atoms with Crippen molar-refractivity contribution in [3.05, 3.63) is 72.1 Å². The number of hydrogen-bond acceptors (Lipinski definition) is 3. The summed E-state index contributed by atoms with van der Waals surface area (Å²) in [6.07, 6.45) is 1.52. The van der Waals surface area contributed by atoms with Gasteiger partial charge in [-0.25, -0.2) is 9.98 Å². The van der Waals surface area contributed by atoms with Gasteiger partial charge in [-0.1, -0.05) is 62.4 Å². The van der Waals surface area contributed by atoms with Crippen LogP contribution in [0.2, 0.25) is 0 Å². The maximum Gasteiger partial charge on any atom is 0.191 e. The molecule has 154 valence electrons. The highest BCUT2D eigenvalue weighted by atomic mass is 127. The van der Waals surface area contributed by atoms with Gasteiger partial charge >= 0.3 is 0 Å². The van der Waals surface area contributed by atoms with Gasteiger partial charge < -0.3 is 10.6 Å². The van der Waals surface area contributed by atoms with E-state index in [0.717, 1.165) is 36.0 Å². The molecule has 0 aliphatic rings. The van der Waals surface area contributed by atoms with Gasteiger partial charge in [-0.3, -0.25) is 5.10 Å². The van der Waals surface area contributed by atoms with E-state index in [2.05, 4.69) is 83.0 Å². The topological polar surface area (TPSA) is 78.0 Å². The molecule has 0 saturated carbocycles. The van der Waals surface area contributed by atoms with Crippen LogP contribution >= 0.6 is 24.0 Å². The first-order valence-corrected chi connectivity index (χ1v) is 9.61. The summed E-state index contributed by atoms with van der Waals surface area (Å²) in [5.41, 5.74) is 3.43. The lowest BCUT2D eigenvalue weighted by Crippen LogP contribution is -2.43. The lowest BCUT2D eigenvalue weighted by atomic mass is 9.85. The largest absolute Gasteiger partial charge is 0.357 e. The monoisotopic (exact) mass is 504 g/mol. The Hall–Kier alpha value is -2.42. The SMILES string of the molecule is CCNC(=NCc1cccc(-c2ncn[nH]2)c1)NCC(C)(C)c1ccccc1.I. The average molecular weight is 504 g/mol. The highest BCUT2D eigenvalue weighted by Gasteiger charge is 2.20. The Morgan fingerprint density at radius 2 is 1.86 bits per heavy atom. The summed E-state index contributed by atoms with van der Waals surface area (Å²) >= 11 is 0. The van der Waals surface area contributed by atoms with Crippen LogP contribution in [0.1, 0.15) is 31.9 Å². The molecule has 3 rings (SSSR count). The summed E-state index contributed by atoms with van der Waals surface area (Å²) in [5.74, 6) is 1.58. The van der Waals surface area contributed by atoms with Gasteiger partial charge in [-0.2, -0.15) is 5.10 Å². The van der Waals surface area contributed by atoms with Gasteiger partial charge in [-0.05, 0) is 24.1 Å². The highest BCUT2D eigenvalue weighted by molar-refractivity contribution is 14.0. The number of rotatable bonds is 7. The predicted octanol–water partition coefficient (Wildman–Crippen LogP) is 4.12. The molecular weight excluding hydrogens is 475 g/mol. The van der Waals surface area contributed by atoms with Gasteiger partial charge in [0, 0.05) is 24.1 Å². The molecule has 7 heteroatoms. The molecular formula is C22H29IN6. The van der Waals surface area contributed by atoms with Crippen molar-refractivity contribution in [2.75, 3.05) is 13.1 Å². The quantitative estimate of drug-likeness (QED) is 0.257. The molecule has 0 aliphatic carbocycles. The summed E-state index contributed by atoms with van der Waals surface area (Å²) in [4.78, 5) is 8.96. The third-order valence-corrected chi connectivity index (χ3v) is 4.63. The van der Waals surface area contributed by atoms with Gasteiger partial charge in [0.15, 0.2) is 11.8 Å². The molecule has 2 aromatic carbocycles. The summed E-state index contributed by atoms with van der Waals surface area (Å²) in [7, 11) is 0. The first-order chi connectivity index (χ1) is 13.6. The second kappa shape index (κ2) is 10.9. The second-order valence-electron chi connectivity index (χ2n) is 7.33. The fourth-order valence-electron chi connectivity index (χ4n) is 2.97. The number of guanidine groups is 1. The zero-order valence-corrected chi connectivity index (χ0v) is 19.5. The number of nitrogens with one attached hydrogen (secondary N) is 3. The lowest BCUT2D eigenvalue weighted by Gasteiger charge is -2.26. The molecule has 0 bridgehead atoms. The zero-order chi connectivity index (χ0) is 19.8. The molecule has 0 atom stereocenters. The predicted molar refractivity (Wildman–Crippen MR) is 130 cm³/mol. The number of aliphatic imine (C=N–C) groups is 1. The Labute approximate surface area is 189 Å². The summed E-state index contributed by atoms with van der Waals surface area (Å²) in [6, 6.07) is 18.7. The molecule has 0 radical (unpaired) electrons. The number of halogens is 1. The highest BCUT2D eigenvalue weighted by Crippen LogP contribution is 2.21. The summed E-state index contributed by atoms with van der Waals surface area (Å²) in [6.45, 7) is 8.74. The molecule has 0 amide bonds. The second-order valence-corrected chi connectivity index (χ2v) is 7.33. The molecule has 3 aromatic rings. The zero-order valence-electron chi connectivity index (χ0n) is 17.1. The summed E-state index contributed by atoms with van der Waals surface area (Å²) < 4.78 is 0. The van der Waals surface area contributed by atoms with Crippen molar-refractivity contribution in [1.29, 1.82) is 0 Å². The number of aromatic nitrogens is 3. The van der Waals surface area contributed by atoms with Crippen molar-refractivity contribution < 1.29 is 0 Å². The van der Waals surface area contributed by atoms with Crippen LogP contribution in [0.4, 0.5) is 0 Å². The first-order valence-electron chi connectivity index (χ1n) is 9.61. The van der Waals surface area contributed by atoms with E-state index < -0.39 is 0 Å². The van der Waals surface area contributed by atoms with E-state index in [1.165, 1.54) is 11.9 Å². The third-order valence-electron chi connectivity index (χ3n) is 4.63. The molecule has 1 heterocycles. The molecule has 6 nitrogen and oxygen atoms in total. The molecule has 0 spiro atoms. The Balaban J connectivity index is 0.00000300. The summed E-state index contributed by atoms with van der Waals surface area (Å²) in [5, 5.41) is 13.6. The van der Waals surface area contributed by atoms with Gasteiger partial charge in [-0.15, -0.1) is 24.0 Å². The number of hydrogen-bond donors (Lipinski definition) is 3. The van der Waals surface area contributed by atoms with Gasteiger partial charge in [0.25, 0.3) is 0 Å². The van der Waals surface area contributed by atoms with E-state index in [-0.39, 0.29) is 29.4 Å². The number of nitrogens with zero attached hydrogens (tertiary/aromatic N) is 3. The molecule has 0 unspecified atom stereocenters. The van der Waals surface area contributed by atoms with E-state index in [1.807, 2.05) is 18.2 Å². The fraction of sp³-hybridized carbons (Fsp3) is 0.318. The van der Waals surface area contributed by atoms with Crippen LogP contribution < -0.4 is 10.6 Å². The van der Waals surface area contributed by atoms with Crippen molar-refractivity contribution in [2.24, 2.45) is 4.99 Å². The standard InChI is InChI=1S/C22H28N6.HI/c1-4-23-21(25-15-22(2,3)19-11-6-5-7-12-19)24-14-17-9-8-10-18(13-17)20-26-16-27-28-20;/h5-13,16H,4,14-15H2,1-3H3,(H2,23,24,25)(H,26,27,28);1H. The van der Waals surface area contributed by atoms with E-state index in [0.29, 0.717) is 6.54 Å². The van der Waals surface area contributed by atoms with Crippen LogP contribution in [0, 0.1) is 0 Å². The normalized spacial score (nSPS) is 11.6. The van der Waals surface area contributed by atoms with Crippen LogP contribution in [0.25, 0.3) is 11.4 Å². The van der Waals surface area contributed by atoms with Gasteiger partial charge in [0.2, 0.25) is 0 Å². The van der Waals surface area contributed by atoms with E-state index in [4.69, 9.17) is 4.99 Å². The van der Waals surface area contributed by atoms with Crippen LogP contribution in [0.3, 0.4) is 0 Å². The van der Waals surface area contributed by atoms with Crippen LogP contribution in [-0.4, -0.2) is 34.2 Å². The maximum atomic E-state index is 4.75. The molecule has 29 heavy (non-hydrogen) atoms. The van der Waals surface area contributed by atoms with Crippen molar-refractivity contribution >= 4 is 29.9 Å². The van der Waals surface area contributed by atoms with E-state index >= 15 is 0 Å². The Morgan fingerprint density at radius 1 is 1.07 bits per heavy atom. The van der Waals surface area contributed by atoms with Crippen LogP contribution in [-0.2, 0) is 12.0 Å². The van der Waals surface area contributed by atoms with Crippen molar-refractivity contribution in [3.63, 3.8) is 0 Å². The van der Waals surface area contributed by atoms with E-state index in [9.17, 15) is 0 Å². The van der Waals surface area contributed by atoms with Crippen molar-refractivity contribution in [3.8, 4) is 11.4 Å². The smallest absolute Gasteiger partial charge is 0.191 e. The number of benzene rings is 2. The molecule has 0 aliphatic heterocycles. The Bertz CT molecular complexity index is 891. The van der Waals surface area contributed by atoms with Crippen LogP contribution in [0.5, 0.6) is 0 Å².